The van der Waals surface area contributed by atoms with Gasteiger partial charge in [-0.25, -0.2) is 4.98 Å². The highest BCUT2D eigenvalue weighted by atomic mass is 79.9. The summed E-state index contributed by atoms with van der Waals surface area (Å²) in [7, 11) is 0. The van der Waals surface area contributed by atoms with Crippen molar-refractivity contribution in [3.63, 3.8) is 0 Å². The number of nitrogens with zero attached hydrogens (tertiary/aromatic N) is 1. The Balaban J connectivity index is 2.15. The molecule has 0 saturated heterocycles. The normalized spacial score (nSPS) is 13.6. The van der Waals surface area contributed by atoms with Crippen molar-refractivity contribution in [2.45, 2.75) is 32.6 Å². The van der Waals surface area contributed by atoms with Gasteiger partial charge in [0.05, 0.1) is 15.6 Å². The van der Waals surface area contributed by atoms with E-state index in [9.17, 15) is 0 Å². The number of thiazole rings is 1. The molecule has 0 bridgehead atoms. The molecule has 1 nitrogen and oxygen atoms in total. The van der Waals surface area contributed by atoms with E-state index in [0.29, 0.717) is 0 Å². The SMILES string of the molecule is CC(C)(C)c1nc2c(s1)-c1cc(Br)ccc1C2. The zero-order chi connectivity index (χ0) is 12.2. The summed E-state index contributed by atoms with van der Waals surface area (Å²) in [5.74, 6) is 0. The number of hydrogen-bond acceptors (Lipinski definition) is 2. The third-order valence-corrected chi connectivity index (χ3v) is 5.06. The van der Waals surface area contributed by atoms with E-state index in [0.717, 1.165) is 10.9 Å². The zero-order valence-electron chi connectivity index (χ0n) is 10.2. The Morgan fingerprint density at radius 3 is 2.76 bits per heavy atom. The van der Waals surface area contributed by atoms with Gasteiger partial charge in [0.15, 0.2) is 0 Å². The summed E-state index contributed by atoms with van der Waals surface area (Å²) in [6.45, 7) is 6.68. The number of aromatic nitrogens is 1. The molecular formula is C14H14BrNS. The lowest BCUT2D eigenvalue weighted by Gasteiger charge is -2.14. The van der Waals surface area contributed by atoms with Gasteiger partial charge >= 0.3 is 0 Å². The van der Waals surface area contributed by atoms with Crippen LogP contribution in [0.15, 0.2) is 22.7 Å². The Kier molecular flexibility index (Phi) is 2.46. The summed E-state index contributed by atoms with van der Waals surface area (Å²) in [5, 5.41) is 1.24. The minimum absolute atomic E-state index is 0.154. The zero-order valence-corrected chi connectivity index (χ0v) is 12.6. The van der Waals surface area contributed by atoms with Crippen molar-refractivity contribution in [3.05, 3.63) is 38.9 Å². The third kappa shape index (κ3) is 1.85. The average Bonchev–Trinajstić information content (AvgIpc) is 2.74. The lowest BCUT2D eigenvalue weighted by Crippen LogP contribution is -2.10. The summed E-state index contributed by atoms with van der Waals surface area (Å²) >= 11 is 5.40. The molecule has 1 aromatic carbocycles. The van der Waals surface area contributed by atoms with Crippen molar-refractivity contribution >= 4 is 27.3 Å². The molecule has 0 spiro atoms. The number of hydrogen-bond donors (Lipinski definition) is 0. The molecule has 0 unspecified atom stereocenters. The van der Waals surface area contributed by atoms with E-state index in [2.05, 4.69) is 54.9 Å². The van der Waals surface area contributed by atoms with E-state index in [4.69, 9.17) is 4.98 Å². The Bertz CT molecular complexity index is 593. The van der Waals surface area contributed by atoms with Crippen LogP contribution in [0.2, 0.25) is 0 Å². The molecule has 0 fully saturated rings. The first-order chi connectivity index (χ1) is 7.95. The number of rotatable bonds is 0. The van der Waals surface area contributed by atoms with E-state index >= 15 is 0 Å². The van der Waals surface area contributed by atoms with Crippen LogP contribution in [0.4, 0.5) is 0 Å². The summed E-state index contributed by atoms with van der Waals surface area (Å²) < 4.78 is 1.15. The fourth-order valence-corrected chi connectivity index (χ4v) is 3.65. The molecule has 17 heavy (non-hydrogen) atoms. The second kappa shape index (κ2) is 3.66. The Hall–Kier alpha value is -0.670. The lowest BCUT2D eigenvalue weighted by molar-refractivity contribution is 0.583. The van der Waals surface area contributed by atoms with Crippen LogP contribution in [0.3, 0.4) is 0 Å². The van der Waals surface area contributed by atoms with Gasteiger partial charge in [0.25, 0.3) is 0 Å². The van der Waals surface area contributed by atoms with Gasteiger partial charge in [-0.2, -0.15) is 0 Å². The quantitative estimate of drug-likeness (QED) is 0.583. The minimum atomic E-state index is 0.154. The molecule has 0 aliphatic heterocycles. The maximum atomic E-state index is 4.81. The second-order valence-electron chi connectivity index (χ2n) is 5.52. The van der Waals surface area contributed by atoms with Crippen LogP contribution in [0, 0.1) is 0 Å². The average molecular weight is 308 g/mol. The van der Waals surface area contributed by atoms with Crippen molar-refractivity contribution in [1.82, 2.24) is 4.98 Å². The fourth-order valence-electron chi connectivity index (χ4n) is 2.10. The highest BCUT2D eigenvalue weighted by molar-refractivity contribution is 9.10. The standard InChI is InChI=1S/C14H14BrNS/c1-14(2,3)13-16-11-6-8-4-5-9(15)7-10(8)12(11)17-13/h4-5,7H,6H2,1-3H3. The van der Waals surface area contributed by atoms with Gasteiger partial charge in [0, 0.05) is 16.3 Å². The van der Waals surface area contributed by atoms with E-state index in [1.54, 1.807) is 0 Å². The minimum Gasteiger partial charge on any atom is -0.245 e. The predicted octanol–water partition coefficient (Wildman–Crippen LogP) is 4.77. The van der Waals surface area contributed by atoms with Crippen molar-refractivity contribution < 1.29 is 0 Å². The second-order valence-corrected chi connectivity index (χ2v) is 7.44. The van der Waals surface area contributed by atoms with Crippen LogP contribution in [0.5, 0.6) is 0 Å². The Labute approximate surface area is 114 Å². The van der Waals surface area contributed by atoms with Crippen molar-refractivity contribution in [2.24, 2.45) is 0 Å². The highest BCUT2D eigenvalue weighted by Crippen LogP contribution is 2.43. The summed E-state index contributed by atoms with van der Waals surface area (Å²) in [4.78, 5) is 6.18. The molecule has 0 amide bonds. The fraction of sp³-hybridized carbons (Fsp3) is 0.357. The topological polar surface area (TPSA) is 12.9 Å². The molecule has 0 N–H and O–H groups in total. The molecule has 2 aromatic rings. The summed E-state index contributed by atoms with van der Waals surface area (Å²) in [5.41, 5.74) is 4.18. The van der Waals surface area contributed by atoms with Crippen LogP contribution < -0.4 is 0 Å². The summed E-state index contributed by atoms with van der Waals surface area (Å²) in [6, 6.07) is 6.52. The van der Waals surface area contributed by atoms with Crippen LogP contribution in [0.25, 0.3) is 10.4 Å². The van der Waals surface area contributed by atoms with Gasteiger partial charge in [-0.15, -0.1) is 11.3 Å². The molecule has 0 saturated carbocycles. The maximum absolute atomic E-state index is 4.81. The first kappa shape index (κ1) is 11.4. The van der Waals surface area contributed by atoms with E-state index < -0.39 is 0 Å². The number of halogens is 1. The molecule has 1 aliphatic carbocycles. The molecule has 1 aromatic heterocycles. The first-order valence-electron chi connectivity index (χ1n) is 5.74. The van der Waals surface area contributed by atoms with Gasteiger partial charge in [-0.1, -0.05) is 42.8 Å². The molecule has 0 radical (unpaired) electrons. The molecule has 1 heterocycles. The Morgan fingerprint density at radius 2 is 2.06 bits per heavy atom. The molecule has 88 valence electrons. The molecule has 3 rings (SSSR count). The van der Waals surface area contributed by atoms with Crippen LogP contribution in [-0.2, 0) is 11.8 Å². The summed E-state index contributed by atoms with van der Waals surface area (Å²) in [6.07, 6.45) is 0.991. The number of fused-ring (bicyclic) bond motifs is 3. The monoisotopic (exact) mass is 307 g/mol. The Morgan fingerprint density at radius 1 is 1.29 bits per heavy atom. The van der Waals surface area contributed by atoms with Gasteiger partial charge in [-0.3, -0.25) is 0 Å². The molecule has 1 aliphatic rings. The van der Waals surface area contributed by atoms with Gasteiger partial charge in [-0.05, 0) is 23.3 Å². The smallest absolute Gasteiger partial charge is 0.0988 e. The van der Waals surface area contributed by atoms with E-state index in [1.165, 1.54) is 26.7 Å². The van der Waals surface area contributed by atoms with Crippen molar-refractivity contribution in [3.8, 4) is 10.4 Å². The van der Waals surface area contributed by atoms with E-state index in [1.807, 2.05) is 11.3 Å². The van der Waals surface area contributed by atoms with Gasteiger partial charge in [0.1, 0.15) is 0 Å². The maximum Gasteiger partial charge on any atom is 0.0988 e. The highest BCUT2D eigenvalue weighted by Gasteiger charge is 2.27. The van der Waals surface area contributed by atoms with Gasteiger partial charge < -0.3 is 0 Å². The lowest BCUT2D eigenvalue weighted by atomic mass is 9.98. The largest absolute Gasteiger partial charge is 0.245 e. The van der Waals surface area contributed by atoms with Crippen LogP contribution in [0.1, 0.15) is 37.0 Å². The van der Waals surface area contributed by atoms with Crippen molar-refractivity contribution in [2.75, 3.05) is 0 Å². The van der Waals surface area contributed by atoms with Crippen LogP contribution in [-0.4, -0.2) is 4.98 Å². The van der Waals surface area contributed by atoms with E-state index in [-0.39, 0.29) is 5.41 Å². The molecular weight excluding hydrogens is 294 g/mol. The molecule has 0 atom stereocenters. The van der Waals surface area contributed by atoms with Crippen LogP contribution >= 0.6 is 27.3 Å². The first-order valence-corrected chi connectivity index (χ1v) is 7.35. The number of benzene rings is 1. The third-order valence-electron chi connectivity index (χ3n) is 3.01. The predicted molar refractivity (Wildman–Crippen MR) is 76.8 cm³/mol. The molecule has 3 heteroatoms. The van der Waals surface area contributed by atoms with Crippen molar-refractivity contribution in [1.29, 1.82) is 0 Å². The van der Waals surface area contributed by atoms with Gasteiger partial charge in [0.2, 0.25) is 0 Å².